The highest BCUT2D eigenvalue weighted by molar-refractivity contribution is 5.85. The van der Waals surface area contributed by atoms with E-state index in [2.05, 4.69) is 18.7 Å². The van der Waals surface area contributed by atoms with Crippen LogP contribution >= 0.6 is 24.8 Å². The number of hydrogen-bond donors (Lipinski definition) is 1. The molecule has 3 saturated heterocycles. The molecule has 2 N–H and O–H groups in total. The second-order valence-electron chi connectivity index (χ2n) is 8.13. The van der Waals surface area contributed by atoms with Gasteiger partial charge in [-0.1, -0.05) is 0 Å². The number of nitrogens with two attached hydrogens (primary N) is 1. The van der Waals surface area contributed by atoms with Crippen LogP contribution in [-0.2, 0) is 14.3 Å². The number of ether oxygens (including phenoxy) is 2. The maximum atomic E-state index is 12.6. The molecule has 0 aromatic heterocycles. The summed E-state index contributed by atoms with van der Waals surface area (Å²) in [5.74, 6) is 0.920. The molecule has 6 nitrogen and oxygen atoms in total. The van der Waals surface area contributed by atoms with Crippen molar-refractivity contribution >= 4 is 30.7 Å². The van der Waals surface area contributed by atoms with Crippen molar-refractivity contribution in [3.05, 3.63) is 0 Å². The third-order valence-corrected chi connectivity index (χ3v) is 5.92. The SMILES string of the molecule is CC1CN(CCC2CCN(C(=O)[C@@H]3CC[C@H](CN)O3)CC2)CC(C)O1.Cl.Cl. The van der Waals surface area contributed by atoms with E-state index >= 15 is 0 Å². The first-order chi connectivity index (χ1) is 12.0. The van der Waals surface area contributed by atoms with Crippen molar-refractivity contribution in [2.75, 3.05) is 39.3 Å². The fourth-order valence-corrected chi connectivity index (χ4v) is 4.54. The van der Waals surface area contributed by atoms with E-state index in [0.29, 0.717) is 18.8 Å². The molecule has 0 spiro atoms. The first-order valence-corrected chi connectivity index (χ1v) is 10.1. The second-order valence-corrected chi connectivity index (χ2v) is 8.13. The van der Waals surface area contributed by atoms with Crippen molar-refractivity contribution in [3.63, 3.8) is 0 Å². The fourth-order valence-electron chi connectivity index (χ4n) is 4.54. The highest BCUT2D eigenvalue weighted by Gasteiger charge is 2.34. The van der Waals surface area contributed by atoms with Crippen LogP contribution in [-0.4, -0.2) is 79.4 Å². The number of amides is 1. The topological polar surface area (TPSA) is 68.0 Å². The minimum absolute atomic E-state index is 0. The monoisotopic (exact) mass is 425 g/mol. The lowest BCUT2D eigenvalue weighted by atomic mass is 9.92. The molecule has 27 heavy (non-hydrogen) atoms. The van der Waals surface area contributed by atoms with Crippen molar-refractivity contribution in [1.82, 2.24) is 9.80 Å². The van der Waals surface area contributed by atoms with Crippen molar-refractivity contribution in [1.29, 1.82) is 0 Å². The number of halogens is 2. The Morgan fingerprint density at radius 2 is 1.63 bits per heavy atom. The van der Waals surface area contributed by atoms with E-state index < -0.39 is 0 Å². The Labute approximate surface area is 176 Å². The van der Waals surface area contributed by atoms with Crippen LogP contribution in [0.15, 0.2) is 0 Å². The highest BCUT2D eigenvalue weighted by atomic mass is 35.5. The van der Waals surface area contributed by atoms with Crippen LogP contribution in [0, 0.1) is 5.92 Å². The molecule has 160 valence electrons. The van der Waals surface area contributed by atoms with Crippen LogP contribution in [0.4, 0.5) is 0 Å². The fraction of sp³-hybridized carbons (Fsp3) is 0.947. The summed E-state index contributed by atoms with van der Waals surface area (Å²) >= 11 is 0. The van der Waals surface area contributed by atoms with E-state index in [1.165, 1.54) is 6.42 Å². The summed E-state index contributed by atoms with van der Waals surface area (Å²) in [5, 5.41) is 0. The molecule has 0 saturated carbocycles. The zero-order valence-corrected chi connectivity index (χ0v) is 18.3. The lowest BCUT2D eigenvalue weighted by molar-refractivity contribution is -0.144. The predicted octanol–water partition coefficient (Wildman–Crippen LogP) is 2.07. The van der Waals surface area contributed by atoms with Gasteiger partial charge in [0.05, 0.1) is 18.3 Å². The average Bonchev–Trinajstić information content (AvgIpc) is 3.08. The first kappa shape index (κ1) is 24.9. The van der Waals surface area contributed by atoms with Crippen LogP contribution in [0.1, 0.15) is 46.0 Å². The Kier molecular flexibility index (Phi) is 10.9. The van der Waals surface area contributed by atoms with Crippen molar-refractivity contribution < 1.29 is 14.3 Å². The molecule has 8 heteroatoms. The molecule has 3 aliphatic rings. The third-order valence-electron chi connectivity index (χ3n) is 5.92. The van der Waals surface area contributed by atoms with Crippen LogP contribution in [0.2, 0.25) is 0 Å². The molecule has 3 fully saturated rings. The third kappa shape index (κ3) is 7.02. The van der Waals surface area contributed by atoms with Gasteiger partial charge in [0.2, 0.25) is 0 Å². The summed E-state index contributed by atoms with van der Waals surface area (Å²) in [6.07, 6.45) is 5.72. The molecule has 0 bridgehead atoms. The first-order valence-electron chi connectivity index (χ1n) is 10.1. The lowest BCUT2D eigenvalue weighted by Crippen LogP contribution is -2.47. The Bertz CT molecular complexity index is 440. The van der Waals surface area contributed by atoms with Crippen molar-refractivity contribution in [3.8, 4) is 0 Å². The summed E-state index contributed by atoms with van der Waals surface area (Å²) < 4.78 is 11.6. The molecule has 0 radical (unpaired) electrons. The van der Waals surface area contributed by atoms with Crippen LogP contribution < -0.4 is 5.73 Å². The van der Waals surface area contributed by atoms with E-state index in [-0.39, 0.29) is 42.9 Å². The summed E-state index contributed by atoms with van der Waals surface area (Å²) in [4.78, 5) is 17.1. The van der Waals surface area contributed by atoms with E-state index in [1.54, 1.807) is 0 Å². The minimum Gasteiger partial charge on any atom is -0.373 e. The number of carbonyl (C=O) groups is 1. The zero-order valence-electron chi connectivity index (χ0n) is 16.7. The predicted molar refractivity (Wildman–Crippen MR) is 112 cm³/mol. The number of likely N-dealkylation sites (tertiary alicyclic amines) is 1. The molecule has 0 aliphatic carbocycles. The quantitative estimate of drug-likeness (QED) is 0.729. The number of rotatable bonds is 5. The molecular weight excluding hydrogens is 389 g/mol. The molecule has 4 atom stereocenters. The van der Waals surface area contributed by atoms with Gasteiger partial charge in [0.15, 0.2) is 0 Å². The van der Waals surface area contributed by atoms with Crippen molar-refractivity contribution in [2.24, 2.45) is 11.7 Å². The minimum atomic E-state index is -0.249. The number of piperidine rings is 1. The number of morpholine rings is 1. The van der Waals surface area contributed by atoms with Crippen LogP contribution in [0.5, 0.6) is 0 Å². The van der Waals surface area contributed by atoms with Gasteiger partial charge in [0.25, 0.3) is 5.91 Å². The zero-order chi connectivity index (χ0) is 17.8. The van der Waals surface area contributed by atoms with Gasteiger partial charge < -0.3 is 20.1 Å². The van der Waals surface area contributed by atoms with Gasteiger partial charge in [0, 0.05) is 32.7 Å². The highest BCUT2D eigenvalue weighted by Crippen LogP contribution is 2.25. The van der Waals surface area contributed by atoms with Crippen molar-refractivity contribution in [2.45, 2.75) is 70.4 Å². The molecular formula is C19H37Cl2N3O3. The Hall–Kier alpha value is -0.110. The smallest absolute Gasteiger partial charge is 0.251 e. The average molecular weight is 426 g/mol. The summed E-state index contributed by atoms with van der Waals surface area (Å²) in [7, 11) is 0. The normalized spacial score (nSPS) is 32.6. The van der Waals surface area contributed by atoms with Gasteiger partial charge in [-0.25, -0.2) is 0 Å². The largest absolute Gasteiger partial charge is 0.373 e. The summed E-state index contributed by atoms with van der Waals surface area (Å²) in [5.41, 5.74) is 5.64. The molecule has 0 aromatic rings. The summed E-state index contributed by atoms with van der Waals surface area (Å²) in [6, 6.07) is 0. The Morgan fingerprint density at radius 3 is 2.19 bits per heavy atom. The molecule has 3 aliphatic heterocycles. The maximum absolute atomic E-state index is 12.6. The van der Waals surface area contributed by atoms with E-state index in [9.17, 15) is 4.79 Å². The maximum Gasteiger partial charge on any atom is 0.251 e. The Morgan fingerprint density at radius 1 is 1.00 bits per heavy atom. The summed E-state index contributed by atoms with van der Waals surface area (Å²) in [6.45, 7) is 9.84. The molecule has 1 amide bonds. The number of carbonyl (C=O) groups excluding carboxylic acids is 1. The standard InChI is InChI=1S/C19H35N3O3.2ClH/c1-14-12-21(13-15(2)24-14)8-5-16-6-9-22(10-7-16)19(23)18-4-3-17(11-20)25-18;;/h14-18H,3-13,20H2,1-2H3;2*1H/t14?,15?,17-,18+;;/m1../s1. The molecule has 0 aromatic carbocycles. The number of nitrogens with zero attached hydrogens (tertiary/aromatic N) is 2. The number of hydrogen-bond acceptors (Lipinski definition) is 5. The van der Waals surface area contributed by atoms with Crippen LogP contribution in [0.25, 0.3) is 0 Å². The van der Waals surface area contributed by atoms with Gasteiger partial charge in [0.1, 0.15) is 6.10 Å². The molecule has 3 rings (SSSR count). The van der Waals surface area contributed by atoms with E-state index in [1.807, 2.05) is 4.90 Å². The van der Waals surface area contributed by atoms with Gasteiger partial charge in [-0.05, 0) is 58.4 Å². The second kappa shape index (κ2) is 11.8. The van der Waals surface area contributed by atoms with Crippen LogP contribution in [0.3, 0.4) is 0 Å². The van der Waals surface area contributed by atoms with Gasteiger partial charge in [-0.15, -0.1) is 24.8 Å². The van der Waals surface area contributed by atoms with Gasteiger partial charge in [-0.3, -0.25) is 9.69 Å². The van der Waals surface area contributed by atoms with Gasteiger partial charge >= 0.3 is 0 Å². The van der Waals surface area contributed by atoms with Gasteiger partial charge in [-0.2, -0.15) is 0 Å². The molecule has 3 heterocycles. The van der Waals surface area contributed by atoms with E-state index in [4.69, 9.17) is 15.2 Å². The molecule has 2 unspecified atom stereocenters. The lowest BCUT2D eigenvalue weighted by Gasteiger charge is -2.37. The Balaban J connectivity index is 0.00000182. The van der Waals surface area contributed by atoms with E-state index in [0.717, 1.165) is 64.3 Å².